The number of likely N-dealkylation sites (tertiary alicyclic amines) is 1. The molecule has 0 aliphatic carbocycles. The zero-order chi connectivity index (χ0) is 13.2. The first-order valence-electron chi connectivity index (χ1n) is 6.97. The van der Waals surface area contributed by atoms with Crippen LogP contribution >= 0.6 is 0 Å². The van der Waals surface area contributed by atoms with E-state index in [9.17, 15) is 0 Å². The van der Waals surface area contributed by atoms with Crippen molar-refractivity contribution in [1.82, 2.24) is 24.6 Å². The van der Waals surface area contributed by atoms with E-state index in [-0.39, 0.29) is 0 Å². The van der Waals surface area contributed by atoms with Crippen LogP contribution < -0.4 is 0 Å². The van der Waals surface area contributed by atoms with E-state index in [1.807, 2.05) is 12.4 Å². The monoisotopic (exact) mass is 259 g/mol. The van der Waals surface area contributed by atoms with E-state index in [0.29, 0.717) is 12.0 Å². The SMILES string of the molecule is CC(C)n1ccnc1CN1CC[C@H](c2ccn[nH]2)C1. The first kappa shape index (κ1) is 12.4. The summed E-state index contributed by atoms with van der Waals surface area (Å²) >= 11 is 0. The summed E-state index contributed by atoms with van der Waals surface area (Å²) in [5, 5.41) is 7.14. The van der Waals surface area contributed by atoms with Gasteiger partial charge >= 0.3 is 0 Å². The Morgan fingerprint density at radius 1 is 1.42 bits per heavy atom. The summed E-state index contributed by atoms with van der Waals surface area (Å²) in [5.74, 6) is 1.75. The zero-order valence-electron chi connectivity index (χ0n) is 11.6. The number of aromatic nitrogens is 4. The molecule has 0 spiro atoms. The van der Waals surface area contributed by atoms with E-state index < -0.39 is 0 Å². The molecule has 19 heavy (non-hydrogen) atoms. The Morgan fingerprint density at radius 3 is 3.05 bits per heavy atom. The third-order valence-corrected chi connectivity index (χ3v) is 3.90. The molecule has 102 valence electrons. The molecule has 2 aromatic heterocycles. The van der Waals surface area contributed by atoms with Crippen molar-refractivity contribution in [2.24, 2.45) is 0 Å². The van der Waals surface area contributed by atoms with Crippen LogP contribution in [0.1, 0.15) is 43.7 Å². The van der Waals surface area contributed by atoms with Gasteiger partial charge in [0.25, 0.3) is 0 Å². The Morgan fingerprint density at radius 2 is 2.32 bits per heavy atom. The van der Waals surface area contributed by atoms with Crippen LogP contribution in [0.5, 0.6) is 0 Å². The molecule has 1 fully saturated rings. The third-order valence-electron chi connectivity index (χ3n) is 3.90. The molecular formula is C14H21N5. The van der Waals surface area contributed by atoms with Gasteiger partial charge in [-0.2, -0.15) is 5.10 Å². The maximum Gasteiger partial charge on any atom is 0.123 e. The molecule has 1 N–H and O–H groups in total. The topological polar surface area (TPSA) is 49.7 Å². The van der Waals surface area contributed by atoms with E-state index in [4.69, 9.17) is 0 Å². The van der Waals surface area contributed by atoms with E-state index in [1.54, 1.807) is 0 Å². The molecule has 1 atom stereocenters. The van der Waals surface area contributed by atoms with E-state index in [0.717, 1.165) is 19.6 Å². The van der Waals surface area contributed by atoms with Gasteiger partial charge in [-0.15, -0.1) is 0 Å². The van der Waals surface area contributed by atoms with Crippen molar-refractivity contribution in [3.8, 4) is 0 Å². The Labute approximate surface area is 113 Å². The van der Waals surface area contributed by atoms with E-state index in [2.05, 4.69) is 50.8 Å². The number of nitrogens with zero attached hydrogens (tertiary/aromatic N) is 4. The zero-order valence-corrected chi connectivity index (χ0v) is 11.6. The highest BCUT2D eigenvalue weighted by Crippen LogP contribution is 2.26. The lowest BCUT2D eigenvalue weighted by Gasteiger charge is -2.18. The highest BCUT2D eigenvalue weighted by Gasteiger charge is 2.25. The lowest BCUT2D eigenvalue weighted by atomic mass is 10.1. The summed E-state index contributed by atoms with van der Waals surface area (Å²) < 4.78 is 2.25. The largest absolute Gasteiger partial charge is 0.331 e. The van der Waals surface area contributed by atoms with Gasteiger partial charge in [0.05, 0.1) is 6.54 Å². The second kappa shape index (κ2) is 5.17. The molecule has 0 aromatic carbocycles. The minimum atomic E-state index is 0.475. The number of imidazole rings is 1. The van der Waals surface area contributed by atoms with Crippen LogP contribution in [0.4, 0.5) is 0 Å². The predicted molar refractivity (Wildman–Crippen MR) is 73.8 cm³/mol. The lowest BCUT2D eigenvalue weighted by Crippen LogP contribution is -2.22. The van der Waals surface area contributed by atoms with Gasteiger partial charge in [-0.25, -0.2) is 4.98 Å². The Balaban J connectivity index is 1.64. The first-order chi connectivity index (χ1) is 9.24. The normalized spacial score (nSPS) is 20.5. The molecule has 1 aliphatic heterocycles. The second-order valence-electron chi connectivity index (χ2n) is 5.58. The summed E-state index contributed by atoms with van der Waals surface area (Å²) in [4.78, 5) is 6.97. The fraction of sp³-hybridized carbons (Fsp3) is 0.571. The molecule has 1 saturated heterocycles. The molecule has 5 heteroatoms. The average Bonchev–Trinajstić information content (AvgIpc) is 3.09. The van der Waals surface area contributed by atoms with Crippen molar-refractivity contribution in [3.05, 3.63) is 36.2 Å². The third kappa shape index (κ3) is 2.56. The molecule has 0 saturated carbocycles. The van der Waals surface area contributed by atoms with Crippen molar-refractivity contribution < 1.29 is 0 Å². The van der Waals surface area contributed by atoms with Gasteiger partial charge in [0.2, 0.25) is 0 Å². The van der Waals surface area contributed by atoms with E-state index >= 15 is 0 Å². The fourth-order valence-corrected chi connectivity index (χ4v) is 2.86. The van der Waals surface area contributed by atoms with Gasteiger partial charge < -0.3 is 4.57 Å². The van der Waals surface area contributed by atoms with Crippen LogP contribution in [0.3, 0.4) is 0 Å². The standard InChI is InChI=1S/C14H21N5/c1-11(2)19-8-6-15-14(19)10-18-7-4-12(9-18)13-3-5-16-17-13/h3,5-6,8,11-12H,4,7,9-10H2,1-2H3,(H,16,17)/t12-/m0/s1. The number of H-pyrrole nitrogens is 1. The quantitative estimate of drug-likeness (QED) is 0.915. The molecular weight excluding hydrogens is 238 g/mol. The maximum absolute atomic E-state index is 4.49. The summed E-state index contributed by atoms with van der Waals surface area (Å²) in [6, 6.07) is 2.56. The Hall–Kier alpha value is -1.62. The van der Waals surface area contributed by atoms with Crippen LogP contribution in [0, 0.1) is 0 Å². The molecule has 3 heterocycles. The number of nitrogens with one attached hydrogen (secondary N) is 1. The molecule has 0 bridgehead atoms. The number of rotatable bonds is 4. The van der Waals surface area contributed by atoms with Crippen LogP contribution in [0.15, 0.2) is 24.7 Å². The van der Waals surface area contributed by atoms with Crippen molar-refractivity contribution in [2.45, 2.75) is 38.8 Å². The molecule has 0 radical (unpaired) electrons. The van der Waals surface area contributed by atoms with Gasteiger partial charge in [-0.1, -0.05) is 0 Å². The summed E-state index contributed by atoms with van der Waals surface area (Å²) in [5.41, 5.74) is 1.26. The molecule has 5 nitrogen and oxygen atoms in total. The lowest BCUT2D eigenvalue weighted by molar-refractivity contribution is 0.309. The van der Waals surface area contributed by atoms with Crippen molar-refractivity contribution in [2.75, 3.05) is 13.1 Å². The van der Waals surface area contributed by atoms with Gasteiger partial charge in [-0.3, -0.25) is 10.00 Å². The Bertz CT molecular complexity index is 514. The minimum absolute atomic E-state index is 0.475. The summed E-state index contributed by atoms with van der Waals surface area (Å²) in [6.07, 6.45) is 7.01. The fourth-order valence-electron chi connectivity index (χ4n) is 2.86. The van der Waals surface area contributed by atoms with Crippen LogP contribution in [0.25, 0.3) is 0 Å². The number of aromatic amines is 1. The van der Waals surface area contributed by atoms with Gasteiger partial charge in [0.15, 0.2) is 0 Å². The van der Waals surface area contributed by atoms with Crippen LogP contribution in [-0.4, -0.2) is 37.7 Å². The van der Waals surface area contributed by atoms with Crippen LogP contribution in [-0.2, 0) is 6.54 Å². The molecule has 0 amide bonds. The highest BCUT2D eigenvalue weighted by molar-refractivity contribution is 5.09. The number of hydrogen-bond acceptors (Lipinski definition) is 3. The maximum atomic E-state index is 4.49. The van der Waals surface area contributed by atoms with Gasteiger partial charge in [0.1, 0.15) is 5.82 Å². The average molecular weight is 259 g/mol. The minimum Gasteiger partial charge on any atom is -0.331 e. The highest BCUT2D eigenvalue weighted by atomic mass is 15.2. The van der Waals surface area contributed by atoms with Crippen molar-refractivity contribution in [3.63, 3.8) is 0 Å². The van der Waals surface area contributed by atoms with E-state index in [1.165, 1.54) is 17.9 Å². The van der Waals surface area contributed by atoms with Crippen molar-refractivity contribution >= 4 is 0 Å². The molecule has 1 aliphatic rings. The summed E-state index contributed by atoms with van der Waals surface area (Å²) in [6.45, 7) is 7.56. The van der Waals surface area contributed by atoms with Gasteiger partial charge in [-0.05, 0) is 32.9 Å². The molecule has 2 aromatic rings. The van der Waals surface area contributed by atoms with Crippen LogP contribution in [0.2, 0.25) is 0 Å². The second-order valence-corrected chi connectivity index (χ2v) is 5.58. The summed E-state index contributed by atoms with van der Waals surface area (Å²) in [7, 11) is 0. The smallest absolute Gasteiger partial charge is 0.123 e. The molecule has 0 unspecified atom stereocenters. The molecule has 3 rings (SSSR count). The first-order valence-corrected chi connectivity index (χ1v) is 6.97. The van der Waals surface area contributed by atoms with Crippen molar-refractivity contribution in [1.29, 1.82) is 0 Å². The van der Waals surface area contributed by atoms with Gasteiger partial charge in [0, 0.05) is 42.8 Å². The Kier molecular flexibility index (Phi) is 3.38. The predicted octanol–water partition coefficient (Wildman–Crippen LogP) is 2.18. The number of hydrogen-bond donors (Lipinski definition) is 1.